The topological polar surface area (TPSA) is 88.2 Å². The Bertz CT molecular complexity index is 714. The fourth-order valence-electron chi connectivity index (χ4n) is 2.46. The molecule has 2 rings (SSSR count). The highest BCUT2D eigenvalue weighted by Crippen LogP contribution is 2.29. The van der Waals surface area contributed by atoms with Crippen LogP contribution in [0.3, 0.4) is 0 Å². The fourth-order valence-corrected chi connectivity index (χ4v) is 3.91. The quantitative estimate of drug-likeness (QED) is 0.788. The molecule has 1 saturated heterocycles. The van der Waals surface area contributed by atoms with Crippen molar-refractivity contribution in [2.45, 2.75) is 17.9 Å². The second-order valence-electron chi connectivity index (χ2n) is 5.94. The minimum absolute atomic E-state index is 0.123. The third-order valence-electron chi connectivity index (χ3n) is 4.25. The molecule has 1 aromatic rings. The van der Waals surface area contributed by atoms with Crippen LogP contribution in [0, 0.1) is 0 Å². The van der Waals surface area contributed by atoms with E-state index in [1.165, 1.54) is 36.7 Å². The molecule has 1 amide bonds. The Morgan fingerprint density at radius 3 is 2.40 bits per heavy atom. The number of nitrogens with one attached hydrogen (secondary N) is 1. The minimum atomic E-state index is -3.63. The van der Waals surface area contributed by atoms with E-state index in [1.54, 1.807) is 6.92 Å². The van der Waals surface area contributed by atoms with E-state index in [2.05, 4.69) is 10.2 Å². The monoisotopic (exact) mass is 371 g/mol. The van der Waals surface area contributed by atoms with Crippen LogP contribution in [0.15, 0.2) is 23.1 Å². The Labute approximate surface area is 148 Å². The fraction of sp³-hybridized carbons (Fsp3) is 0.562. The van der Waals surface area contributed by atoms with Crippen molar-refractivity contribution in [1.82, 2.24) is 9.21 Å². The second-order valence-corrected chi connectivity index (χ2v) is 7.87. The molecule has 0 aromatic heterocycles. The number of nitrogens with zero attached hydrogens (tertiary/aromatic N) is 2. The third kappa shape index (κ3) is 4.49. The van der Waals surface area contributed by atoms with Gasteiger partial charge in [0, 0.05) is 33.3 Å². The number of ether oxygens (including phenoxy) is 2. The molecule has 0 radical (unpaired) electrons. The van der Waals surface area contributed by atoms with Crippen LogP contribution in [0.2, 0.25) is 0 Å². The average Bonchev–Trinajstić information content (AvgIpc) is 2.61. The number of rotatable bonds is 6. The van der Waals surface area contributed by atoms with E-state index in [4.69, 9.17) is 9.47 Å². The first-order valence-electron chi connectivity index (χ1n) is 8.00. The molecule has 1 atom stereocenters. The van der Waals surface area contributed by atoms with Crippen LogP contribution in [0.1, 0.15) is 6.92 Å². The molecule has 0 bridgehead atoms. The molecule has 1 fully saturated rings. The van der Waals surface area contributed by atoms with Crippen LogP contribution in [0.5, 0.6) is 5.75 Å². The summed E-state index contributed by atoms with van der Waals surface area (Å²) in [6, 6.07) is 4.45. The van der Waals surface area contributed by atoms with Gasteiger partial charge in [0.15, 0.2) is 0 Å². The molecule has 0 saturated carbocycles. The highest BCUT2D eigenvalue weighted by molar-refractivity contribution is 7.89. The number of sulfonamides is 1. The van der Waals surface area contributed by atoms with Gasteiger partial charge < -0.3 is 19.7 Å². The van der Waals surface area contributed by atoms with Crippen molar-refractivity contribution in [3.63, 3.8) is 0 Å². The van der Waals surface area contributed by atoms with Crippen LogP contribution in [-0.2, 0) is 19.6 Å². The van der Waals surface area contributed by atoms with Crippen molar-refractivity contribution in [2.24, 2.45) is 0 Å². The van der Waals surface area contributed by atoms with Gasteiger partial charge in [0.1, 0.15) is 11.9 Å². The summed E-state index contributed by atoms with van der Waals surface area (Å²) in [6.07, 6.45) is -0.664. The Morgan fingerprint density at radius 1 is 1.20 bits per heavy atom. The SMILES string of the molecule is COc1ccc(S(=O)(=O)N2CCN(C)CC2)cc1NC(=O)[C@H](C)OC. The summed E-state index contributed by atoms with van der Waals surface area (Å²) in [4.78, 5) is 14.3. The molecule has 0 aliphatic carbocycles. The molecule has 1 heterocycles. The lowest BCUT2D eigenvalue weighted by molar-refractivity contribution is -0.124. The van der Waals surface area contributed by atoms with Gasteiger partial charge in [0.25, 0.3) is 5.91 Å². The highest BCUT2D eigenvalue weighted by atomic mass is 32.2. The molecule has 1 aliphatic heterocycles. The van der Waals surface area contributed by atoms with Crippen LogP contribution >= 0.6 is 0 Å². The highest BCUT2D eigenvalue weighted by Gasteiger charge is 2.28. The molecule has 0 spiro atoms. The van der Waals surface area contributed by atoms with E-state index in [9.17, 15) is 13.2 Å². The Morgan fingerprint density at radius 2 is 1.84 bits per heavy atom. The van der Waals surface area contributed by atoms with Gasteiger partial charge in [-0.2, -0.15) is 4.31 Å². The first-order valence-corrected chi connectivity index (χ1v) is 9.44. The van der Waals surface area contributed by atoms with Crippen molar-refractivity contribution < 1.29 is 22.7 Å². The molecular formula is C16H25N3O5S. The Balaban J connectivity index is 2.29. The number of anilines is 1. The summed E-state index contributed by atoms with van der Waals surface area (Å²) in [7, 11) is 1.22. The summed E-state index contributed by atoms with van der Waals surface area (Å²) in [6.45, 7) is 3.85. The number of benzene rings is 1. The standard InChI is InChI=1S/C16H25N3O5S/c1-12(23-3)16(20)17-14-11-13(5-6-15(14)24-4)25(21,22)19-9-7-18(2)8-10-19/h5-6,11-12H,7-10H2,1-4H3,(H,17,20)/t12-/m0/s1. The van der Waals surface area contributed by atoms with E-state index in [0.717, 1.165) is 0 Å². The summed E-state index contributed by atoms with van der Waals surface area (Å²) in [5, 5.41) is 2.65. The zero-order chi connectivity index (χ0) is 18.6. The van der Waals surface area contributed by atoms with E-state index < -0.39 is 16.1 Å². The minimum Gasteiger partial charge on any atom is -0.495 e. The summed E-state index contributed by atoms with van der Waals surface area (Å²) >= 11 is 0. The lowest BCUT2D eigenvalue weighted by Gasteiger charge is -2.31. The lowest BCUT2D eigenvalue weighted by Crippen LogP contribution is -2.47. The van der Waals surface area contributed by atoms with E-state index in [-0.39, 0.29) is 10.8 Å². The molecule has 25 heavy (non-hydrogen) atoms. The molecule has 1 N–H and O–H groups in total. The number of piperazine rings is 1. The van der Waals surface area contributed by atoms with Crippen molar-refractivity contribution >= 4 is 21.6 Å². The number of methoxy groups -OCH3 is 2. The first-order chi connectivity index (χ1) is 11.8. The maximum Gasteiger partial charge on any atom is 0.253 e. The van der Waals surface area contributed by atoms with Crippen molar-refractivity contribution in [1.29, 1.82) is 0 Å². The van der Waals surface area contributed by atoms with E-state index in [0.29, 0.717) is 37.6 Å². The Kier molecular flexibility index (Phi) is 6.39. The first kappa shape index (κ1) is 19.6. The molecule has 9 heteroatoms. The zero-order valence-corrected chi connectivity index (χ0v) is 15.8. The largest absolute Gasteiger partial charge is 0.495 e. The molecule has 1 aliphatic rings. The van der Waals surface area contributed by atoms with Crippen molar-refractivity contribution in [2.75, 3.05) is 52.8 Å². The zero-order valence-electron chi connectivity index (χ0n) is 15.0. The van der Waals surface area contributed by atoms with Gasteiger partial charge in [-0.05, 0) is 32.2 Å². The number of carbonyl (C=O) groups is 1. The maximum absolute atomic E-state index is 12.9. The van der Waals surface area contributed by atoms with Crippen molar-refractivity contribution in [3.05, 3.63) is 18.2 Å². The summed E-state index contributed by atoms with van der Waals surface area (Å²) in [5.74, 6) is 0.00364. The smallest absolute Gasteiger partial charge is 0.253 e. The number of likely N-dealkylation sites (N-methyl/N-ethyl adjacent to an activating group) is 1. The molecule has 140 valence electrons. The molecule has 0 unspecified atom stereocenters. The van der Waals surface area contributed by atoms with Gasteiger partial charge in [-0.3, -0.25) is 4.79 Å². The third-order valence-corrected chi connectivity index (χ3v) is 6.15. The predicted octanol–water partition coefficient (Wildman–Crippen LogP) is 0.605. The van der Waals surface area contributed by atoms with Gasteiger partial charge in [-0.25, -0.2) is 8.42 Å². The van der Waals surface area contributed by atoms with Crippen LogP contribution in [-0.4, -0.2) is 77.1 Å². The van der Waals surface area contributed by atoms with Crippen LogP contribution < -0.4 is 10.1 Å². The molecular weight excluding hydrogens is 346 g/mol. The average molecular weight is 371 g/mol. The Hall–Kier alpha value is -1.68. The summed E-state index contributed by atoms with van der Waals surface area (Å²) < 4.78 is 37.4. The van der Waals surface area contributed by atoms with Gasteiger partial charge in [0.2, 0.25) is 10.0 Å². The number of hydrogen-bond acceptors (Lipinski definition) is 6. The van der Waals surface area contributed by atoms with Gasteiger partial charge >= 0.3 is 0 Å². The molecule has 1 aromatic carbocycles. The second kappa shape index (κ2) is 8.13. The number of amides is 1. The summed E-state index contributed by atoms with van der Waals surface area (Å²) in [5.41, 5.74) is 0.298. The van der Waals surface area contributed by atoms with Gasteiger partial charge in [-0.1, -0.05) is 0 Å². The number of carbonyl (C=O) groups excluding carboxylic acids is 1. The van der Waals surface area contributed by atoms with Crippen LogP contribution in [0.25, 0.3) is 0 Å². The lowest BCUT2D eigenvalue weighted by atomic mass is 10.2. The normalized spacial score (nSPS) is 17.9. The van der Waals surface area contributed by atoms with E-state index >= 15 is 0 Å². The predicted molar refractivity (Wildman–Crippen MR) is 94.4 cm³/mol. The van der Waals surface area contributed by atoms with Gasteiger partial charge in [-0.15, -0.1) is 0 Å². The van der Waals surface area contributed by atoms with Crippen molar-refractivity contribution in [3.8, 4) is 5.75 Å². The number of hydrogen-bond donors (Lipinski definition) is 1. The van der Waals surface area contributed by atoms with E-state index in [1.807, 2.05) is 7.05 Å². The van der Waals surface area contributed by atoms with Gasteiger partial charge in [0.05, 0.1) is 17.7 Å². The maximum atomic E-state index is 12.9. The van der Waals surface area contributed by atoms with Crippen LogP contribution in [0.4, 0.5) is 5.69 Å². The molecule has 8 nitrogen and oxygen atoms in total.